The zero-order valence-corrected chi connectivity index (χ0v) is 14.0. The third-order valence-corrected chi connectivity index (χ3v) is 3.61. The molecule has 1 atom stereocenters. The molecule has 126 valence electrons. The van der Waals surface area contributed by atoms with Crippen LogP contribution in [-0.4, -0.2) is 25.6 Å². The molecule has 0 saturated heterocycles. The summed E-state index contributed by atoms with van der Waals surface area (Å²) in [5, 5.41) is 2.79. The van der Waals surface area contributed by atoms with Crippen LogP contribution in [0.25, 0.3) is 0 Å². The smallest absolute Gasteiger partial charge is 0.338 e. The zero-order chi connectivity index (χ0) is 17.5. The number of amides is 1. The van der Waals surface area contributed by atoms with E-state index < -0.39 is 5.97 Å². The van der Waals surface area contributed by atoms with Crippen LogP contribution < -0.4 is 10.1 Å². The molecular weight excluding hydrogens is 306 g/mol. The second-order valence-corrected chi connectivity index (χ2v) is 5.50. The van der Waals surface area contributed by atoms with Gasteiger partial charge in [-0.15, -0.1) is 0 Å². The molecule has 0 radical (unpaired) electrons. The second kappa shape index (κ2) is 8.15. The van der Waals surface area contributed by atoms with E-state index in [1.165, 1.54) is 0 Å². The molecular formula is C19H21NO4. The summed E-state index contributed by atoms with van der Waals surface area (Å²) < 4.78 is 10.1. The third-order valence-electron chi connectivity index (χ3n) is 3.61. The molecule has 0 aliphatic heterocycles. The second-order valence-electron chi connectivity index (χ2n) is 5.50. The lowest BCUT2D eigenvalue weighted by Gasteiger charge is -2.15. The van der Waals surface area contributed by atoms with E-state index in [1.54, 1.807) is 19.2 Å². The number of rotatable bonds is 6. The van der Waals surface area contributed by atoms with Gasteiger partial charge in [0.15, 0.2) is 6.61 Å². The molecule has 5 nitrogen and oxygen atoms in total. The minimum Gasteiger partial charge on any atom is -0.497 e. The van der Waals surface area contributed by atoms with Gasteiger partial charge in [0.25, 0.3) is 5.91 Å². The molecule has 0 saturated carbocycles. The SMILES string of the molecule is COc1ccc([C@@H](C)NC(=O)COC(=O)c2ccc(C)cc2)cc1. The maximum absolute atomic E-state index is 11.9. The lowest BCUT2D eigenvalue weighted by atomic mass is 10.1. The van der Waals surface area contributed by atoms with E-state index in [-0.39, 0.29) is 18.6 Å². The molecule has 2 rings (SSSR count). The van der Waals surface area contributed by atoms with Crippen LogP contribution in [0.4, 0.5) is 0 Å². The molecule has 0 bridgehead atoms. The van der Waals surface area contributed by atoms with E-state index in [2.05, 4.69) is 5.32 Å². The van der Waals surface area contributed by atoms with Crippen LogP contribution in [0, 0.1) is 6.92 Å². The van der Waals surface area contributed by atoms with Crippen molar-refractivity contribution in [1.82, 2.24) is 5.32 Å². The predicted octanol–water partition coefficient (Wildman–Crippen LogP) is 3.04. The monoisotopic (exact) mass is 327 g/mol. The molecule has 1 N–H and O–H groups in total. The average molecular weight is 327 g/mol. The van der Waals surface area contributed by atoms with Gasteiger partial charge in [-0.25, -0.2) is 4.79 Å². The Labute approximate surface area is 141 Å². The minimum absolute atomic E-state index is 0.193. The van der Waals surface area contributed by atoms with Gasteiger partial charge in [-0.1, -0.05) is 29.8 Å². The van der Waals surface area contributed by atoms with Crippen LogP contribution in [0.15, 0.2) is 48.5 Å². The standard InChI is InChI=1S/C19H21NO4/c1-13-4-6-16(7-5-13)19(22)24-12-18(21)20-14(2)15-8-10-17(23-3)11-9-15/h4-11,14H,12H2,1-3H3,(H,20,21)/t14-/m1/s1. The number of hydrogen-bond donors (Lipinski definition) is 1. The summed E-state index contributed by atoms with van der Waals surface area (Å²) in [6.07, 6.45) is 0. The van der Waals surface area contributed by atoms with Crippen LogP contribution in [0.1, 0.15) is 34.5 Å². The summed E-state index contributed by atoms with van der Waals surface area (Å²) in [5.41, 5.74) is 2.42. The summed E-state index contributed by atoms with van der Waals surface area (Å²) in [4.78, 5) is 23.8. The first-order valence-corrected chi connectivity index (χ1v) is 7.66. The molecule has 0 aliphatic carbocycles. The van der Waals surface area contributed by atoms with Gasteiger partial charge in [0.05, 0.1) is 18.7 Å². The summed E-state index contributed by atoms with van der Waals surface area (Å²) in [6.45, 7) is 3.48. The van der Waals surface area contributed by atoms with Crippen LogP contribution in [0.3, 0.4) is 0 Å². The highest BCUT2D eigenvalue weighted by atomic mass is 16.5. The average Bonchev–Trinajstić information content (AvgIpc) is 2.60. The van der Waals surface area contributed by atoms with Crippen molar-refractivity contribution in [3.63, 3.8) is 0 Å². The lowest BCUT2D eigenvalue weighted by Crippen LogP contribution is -2.31. The molecule has 0 fully saturated rings. The Morgan fingerprint density at radius 1 is 1.04 bits per heavy atom. The van der Waals surface area contributed by atoms with E-state index in [0.717, 1.165) is 16.9 Å². The van der Waals surface area contributed by atoms with Gasteiger partial charge >= 0.3 is 5.97 Å². The number of nitrogens with one attached hydrogen (secondary N) is 1. The predicted molar refractivity (Wildman–Crippen MR) is 91.0 cm³/mol. The Kier molecular flexibility index (Phi) is 5.95. The Hall–Kier alpha value is -2.82. The molecule has 2 aromatic rings. The van der Waals surface area contributed by atoms with Crippen molar-refractivity contribution in [3.8, 4) is 5.75 Å². The Balaban J connectivity index is 1.83. The van der Waals surface area contributed by atoms with Crippen LogP contribution in [0.2, 0.25) is 0 Å². The van der Waals surface area contributed by atoms with E-state index in [9.17, 15) is 9.59 Å². The van der Waals surface area contributed by atoms with Gasteiger partial charge < -0.3 is 14.8 Å². The van der Waals surface area contributed by atoms with Crippen molar-refractivity contribution < 1.29 is 19.1 Å². The van der Waals surface area contributed by atoms with Gasteiger partial charge in [0.2, 0.25) is 0 Å². The first-order chi connectivity index (χ1) is 11.5. The van der Waals surface area contributed by atoms with Crippen LogP contribution >= 0.6 is 0 Å². The van der Waals surface area contributed by atoms with Crippen molar-refractivity contribution >= 4 is 11.9 Å². The zero-order valence-electron chi connectivity index (χ0n) is 14.0. The number of benzene rings is 2. The molecule has 24 heavy (non-hydrogen) atoms. The van der Waals surface area contributed by atoms with Gasteiger partial charge in [-0.3, -0.25) is 4.79 Å². The fraction of sp³-hybridized carbons (Fsp3) is 0.263. The Morgan fingerprint density at radius 2 is 1.67 bits per heavy atom. The number of carbonyl (C=O) groups is 2. The molecule has 0 aliphatic rings. The Morgan fingerprint density at radius 3 is 2.25 bits per heavy atom. The van der Waals surface area contributed by atoms with Crippen molar-refractivity contribution in [1.29, 1.82) is 0 Å². The van der Waals surface area contributed by atoms with E-state index >= 15 is 0 Å². The number of methoxy groups -OCH3 is 1. The highest BCUT2D eigenvalue weighted by molar-refractivity contribution is 5.91. The first kappa shape index (κ1) is 17.5. The summed E-state index contributed by atoms with van der Waals surface area (Å²) >= 11 is 0. The molecule has 0 unspecified atom stereocenters. The Bertz CT molecular complexity index is 692. The van der Waals surface area contributed by atoms with Crippen LogP contribution in [-0.2, 0) is 9.53 Å². The number of carbonyl (C=O) groups excluding carboxylic acids is 2. The fourth-order valence-corrected chi connectivity index (χ4v) is 2.16. The van der Waals surface area contributed by atoms with Crippen molar-refractivity contribution in [2.75, 3.05) is 13.7 Å². The molecule has 0 spiro atoms. The van der Waals surface area contributed by atoms with Crippen molar-refractivity contribution in [2.45, 2.75) is 19.9 Å². The normalized spacial score (nSPS) is 11.5. The highest BCUT2D eigenvalue weighted by Gasteiger charge is 2.13. The van der Waals surface area contributed by atoms with Gasteiger partial charge in [0.1, 0.15) is 5.75 Å². The largest absolute Gasteiger partial charge is 0.497 e. The summed E-state index contributed by atoms with van der Waals surface area (Å²) in [6, 6.07) is 14.2. The number of aryl methyl sites for hydroxylation is 1. The summed E-state index contributed by atoms with van der Waals surface area (Å²) in [5.74, 6) is -0.106. The molecule has 2 aromatic carbocycles. The van der Waals surface area contributed by atoms with E-state index in [0.29, 0.717) is 5.56 Å². The van der Waals surface area contributed by atoms with Gasteiger partial charge in [-0.2, -0.15) is 0 Å². The topological polar surface area (TPSA) is 64.6 Å². The highest BCUT2D eigenvalue weighted by Crippen LogP contribution is 2.17. The maximum Gasteiger partial charge on any atom is 0.338 e. The number of hydrogen-bond acceptors (Lipinski definition) is 4. The maximum atomic E-state index is 11.9. The van der Waals surface area contributed by atoms with Gasteiger partial charge in [-0.05, 0) is 43.7 Å². The third kappa shape index (κ3) is 4.84. The number of esters is 1. The van der Waals surface area contributed by atoms with Crippen molar-refractivity contribution in [2.24, 2.45) is 0 Å². The molecule has 5 heteroatoms. The van der Waals surface area contributed by atoms with E-state index in [1.807, 2.05) is 50.2 Å². The minimum atomic E-state index is -0.512. The summed E-state index contributed by atoms with van der Waals surface area (Å²) in [7, 11) is 1.60. The number of ether oxygens (including phenoxy) is 2. The van der Waals surface area contributed by atoms with Gasteiger partial charge in [0, 0.05) is 0 Å². The molecule has 1 amide bonds. The van der Waals surface area contributed by atoms with Crippen molar-refractivity contribution in [3.05, 3.63) is 65.2 Å². The fourth-order valence-electron chi connectivity index (χ4n) is 2.16. The molecule has 0 aromatic heterocycles. The molecule has 0 heterocycles. The van der Waals surface area contributed by atoms with Crippen LogP contribution in [0.5, 0.6) is 5.75 Å². The van der Waals surface area contributed by atoms with E-state index in [4.69, 9.17) is 9.47 Å². The lowest BCUT2D eigenvalue weighted by molar-refractivity contribution is -0.124. The first-order valence-electron chi connectivity index (χ1n) is 7.66. The quantitative estimate of drug-likeness (QED) is 0.828.